The van der Waals surface area contributed by atoms with Crippen molar-refractivity contribution in [2.45, 2.75) is 18.9 Å². The predicted molar refractivity (Wildman–Crippen MR) is 83.2 cm³/mol. The van der Waals surface area contributed by atoms with Crippen LogP contribution in [0.4, 0.5) is 5.69 Å². The zero-order valence-electron chi connectivity index (χ0n) is 12.3. The second kappa shape index (κ2) is 6.27. The van der Waals surface area contributed by atoms with E-state index < -0.39 is 4.92 Å². The summed E-state index contributed by atoms with van der Waals surface area (Å²) in [5.41, 5.74) is 0.450. The van der Waals surface area contributed by atoms with E-state index in [2.05, 4.69) is 10.2 Å². The molecule has 116 valence electrons. The summed E-state index contributed by atoms with van der Waals surface area (Å²) in [7, 11) is 0. The highest BCUT2D eigenvalue weighted by molar-refractivity contribution is 5.92. The fraction of sp³-hybridized carbons (Fsp3) is 0.438. The van der Waals surface area contributed by atoms with Gasteiger partial charge in [0.1, 0.15) is 0 Å². The van der Waals surface area contributed by atoms with E-state index in [4.69, 9.17) is 0 Å². The van der Waals surface area contributed by atoms with Gasteiger partial charge >= 0.3 is 0 Å². The average molecular weight is 301 g/mol. The van der Waals surface area contributed by atoms with Crippen molar-refractivity contribution in [1.82, 2.24) is 10.2 Å². The maximum atomic E-state index is 12.1. The number of nitro groups is 1. The van der Waals surface area contributed by atoms with Gasteiger partial charge in [-0.25, -0.2) is 0 Å². The molecule has 1 N–H and O–H groups in total. The Morgan fingerprint density at radius 1 is 1.32 bits per heavy atom. The lowest BCUT2D eigenvalue weighted by Crippen LogP contribution is -2.57. The van der Waals surface area contributed by atoms with Crippen molar-refractivity contribution >= 4 is 17.7 Å². The van der Waals surface area contributed by atoms with E-state index in [1.54, 1.807) is 18.2 Å². The first-order valence-corrected chi connectivity index (χ1v) is 7.58. The van der Waals surface area contributed by atoms with Crippen LogP contribution in [0.5, 0.6) is 0 Å². The molecule has 22 heavy (non-hydrogen) atoms. The summed E-state index contributed by atoms with van der Waals surface area (Å²) in [6.07, 6.45) is 5.17. The highest BCUT2D eigenvalue weighted by Gasteiger charge is 2.34. The maximum absolute atomic E-state index is 12.1. The van der Waals surface area contributed by atoms with Crippen molar-refractivity contribution in [3.05, 3.63) is 46.0 Å². The number of nitro benzene ring substituents is 1. The van der Waals surface area contributed by atoms with Crippen molar-refractivity contribution in [3.63, 3.8) is 0 Å². The predicted octanol–water partition coefficient (Wildman–Crippen LogP) is 1.82. The van der Waals surface area contributed by atoms with Gasteiger partial charge in [0.05, 0.1) is 10.5 Å². The summed E-state index contributed by atoms with van der Waals surface area (Å²) in [6.45, 7) is 3.17. The number of carbonyl (C=O) groups excluding carboxylic acids is 1. The standard InChI is InChI=1S/C16H19N3O3/c20-16(17-14-11-18-9-7-12(14)8-10-18)6-5-13-3-1-2-4-15(13)19(21)22/h1-6,12,14H,7-11H2,(H,17,20)/b6-5+/t14-/m1/s1. The van der Waals surface area contributed by atoms with Gasteiger partial charge in [-0.1, -0.05) is 12.1 Å². The Balaban J connectivity index is 1.63. The number of hydrogen-bond acceptors (Lipinski definition) is 4. The molecule has 6 nitrogen and oxygen atoms in total. The number of carbonyl (C=O) groups is 1. The molecule has 3 aliphatic heterocycles. The molecule has 2 bridgehead atoms. The first kappa shape index (κ1) is 14.7. The molecular weight excluding hydrogens is 282 g/mol. The number of nitrogens with zero attached hydrogens (tertiary/aromatic N) is 2. The van der Waals surface area contributed by atoms with E-state index in [1.807, 2.05) is 0 Å². The van der Waals surface area contributed by atoms with E-state index >= 15 is 0 Å². The lowest BCUT2D eigenvalue weighted by Gasteiger charge is -2.44. The third-order valence-corrected chi connectivity index (χ3v) is 4.53. The van der Waals surface area contributed by atoms with Gasteiger partial charge in [-0.05, 0) is 44.0 Å². The summed E-state index contributed by atoms with van der Waals surface area (Å²) in [4.78, 5) is 24.9. The Bertz CT molecular complexity index is 606. The minimum atomic E-state index is -0.440. The molecule has 3 heterocycles. The molecule has 3 fully saturated rings. The molecule has 4 rings (SSSR count). The Kier molecular flexibility index (Phi) is 4.20. The number of nitrogens with one attached hydrogen (secondary N) is 1. The Morgan fingerprint density at radius 2 is 2.05 bits per heavy atom. The number of amides is 1. The molecule has 0 radical (unpaired) electrons. The van der Waals surface area contributed by atoms with Crippen LogP contribution in [0.3, 0.4) is 0 Å². The molecule has 0 spiro atoms. The fourth-order valence-electron chi connectivity index (χ4n) is 3.32. The molecule has 0 saturated carbocycles. The highest BCUT2D eigenvalue weighted by atomic mass is 16.6. The van der Waals surface area contributed by atoms with Crippen LogP contribution in [0.1, 0.15) is 18.4 Å². The largest absolute Gasteiger partial charge is 0.348 e. The van der Waals surface area contributed by atoms with E-state index in [9.17, 15) is 14.9 Å². The van der Waals surface area contributed by atoms with Gasteiger partial charge in [0.15, 0.2) is 0 Å². The molecule has 0 unspecified atom stereocenters. The summed E-state index contributed by atoms with van der Waals surface area (Å²) >= 11 is 0. The summed E-state index contributed by atoms with van der Waals surface area (Å²) in [5, 5.41) is 14.0. The number of fused-ring (bicyclic) bond motifs is 3. The number of para-hydroxylation sites is 1. The van der Waals surface area contributed by atoms with Crippen LogP contribution < -0.4 is 5.32 Å². The summed E-state index contributed by atoms with van der Waals surface area (Å²) in [6, 6.07) is 6.60. The number of hydrogen-bond donors (Lipinski definition) is 1. The molecule has 6 heteroatoms. The van der Waals surface area contributed by atoms with Crippen molar-refractivity contribution in [1.29, 1.82) is 0 Å². The zero-order valence-corrected chi connectivity index (χ0v) is 12.3. The van der Waals surface area contributed by atoms with E-state index in [-0.39, 0.29) is 17.6 Å². The van der Waals surface area contributed by atoms with E-state index in [0.29, 0.717) is 11.5 Å². The van der Waals surface area contributed by atoms with Gasteiger partial charge in [0.2, 0.25) is 5.91 Å². The lowest BCUT2D eigenvalue weighted by atomic mass is 9.84. The van der Waals surface area contributed by atoms with Crippen LogP contribution >= 0.6 is 0 Å². The SMILES string of the molecule is O=C(/C=C/c1ccccc1[N+](=O)[O-])N[C@@H]1CN2CCC1CC2. The molecule has 1 amide bonds. The second-order valence-electron chi connectivity index (χ2n) is 5.90. The third kappa shape index (κ3) is 3.17. The minimum Gasteiger partial charge on any atom is -0.348 e. The normalized spacial score (nSPS) is 27.0. The van der Waals surface area contributed by atoms with Crippen LogP contribution in [0, 0.1) is 16.0 Å². The van der Waals surface area contributed by atoms with Gasteiger partial charge in [-0.2, -0.15) is 0 Å². The van der Waals surface area contributed by atoms with Crippen molar-refractivity contribution in [2.24, 2.45) is 5.92 Å². The van der Waals surface area contributed by atoms with Crippen LogP contribution in [-0.4, -0.2) is 41.4 Å². The zero-order chi connectivity index (χ0) is 15.5. The average Bonchev–Trinajstić information content (AvgIpc) is 2.54. The Morgan fingerprint density at radius 3 is 2.68 bits per heavy atom. The van der Waals surface area contributed by atoms with Gasteiger partial charge in [0.25, 0.3) is 5.69 Å². The molecule has 3 saturated heterocycles. The van der Waals surface area contributed by atoms with Gasteiger partial charge < -0.3 is 10.2 Å². The molecule has 1 aromatic carbocycles. The lowest BCUT2D eigenvalue weighted by molar-refractivity contribution is -0.385. The van der Waals surface area contributed by atoms with Crippen molar-refractivity contribution in [2.75, 3.05) is 19.6 Å². The first-order valence-electron chi connectivity index (χ1n) is 7.58. The maximum Gasteiger partial charge on any atom is 0.276 e. The van der Waals surface area contributed by atoms with Crippen LogP contribution in [-0.2, 0) is 4.79 Å². The Hall–Kier alpha value is -2.21. The molecule has 1 aromatic rings. The van der Waals surface area contributed by atoms with Crippen molar-refractivity contribution < 1.29 is 9.72 Å². The minimum absolute atomic E-state index is 0.00869. The highest BCUT2D eigenvalue weighted by Crippen LogP contribution is 2.27. The van der Waals surface area contributed by atoms with Crippen LogP contribution in [0.25, 0.3) is 6.08 Å². The molecule has 0 aliphatic carbocycles. The van der Waals surface area contributed by atoms with Gasteiger partial charge in [0, 0.05) is 24.7 Å². The third-order valence-electron chi connectivity index (χ3n) is 4.53. The molecular formula is C16H19N3O3. The van der Waals surface area contributed by atoms with Gasteiger partial charge in [-0.3, -0.25) is 14.9 Å². The first-order chi connectivity index (χ1) is 10.6. The molecule has 1 atom stereocenters. The second-order valence-corrected chi connectivity index (χ2v) is 5.90. The monoisotopic (exact) mass is 301 g/mol. The van der Waals surface area contributed by atoms with Crippen LogP contribution in [0.2, 0.25) is 0 Å². The smallest absolute Gasteiger partial charge is 0.276 e. The molecule has 0 aromatic heterocycles. The van der Waals surface area contributed by atoms with E-state index in [1.165, 1.54) is 18.2 Å². The van der Waals surface area contributed by atoms with Crippen molar-refractivity contribution in [3.8, 4) is 0 Å². The van der Waals surface area contributed by atoms with Crippen LogP contribution in [0.15, 0.2) is 30.3 Å². The topological polar surface area (TPSA) is 75.5 Å². The summed E-state index contributed by atoms with van der Waals surface area (Å²) in [5.74, 6) is 0.380. The summed E-state index contributed by atoms with van der Waals surface area (Å²) < 4.78 is 0. The quantitative estimate of drug-likeness (QED) is 0.523. The number of rotatable bonds is 4. The number of benzene rings is 1. The van der Waals surface area contributed by atoms with Gasteiger partial charge in [-0.15, -0.1) is 0 Å². The molecule has 3 aliphatic rings. The number of piperidine rings is 3. The van der Waals surface area contributed by atoms with E-state index in [0.717, 1.165) is 32.5 Å². The Labute approximate surface area is 129 Å². The fourth-order valence-corrected chi connectivity index (χ4v) is 3.32.